The molecular weight excluding hydrogens is 285 g/mol. The molecule has 1 aromatic rings. The Balaban J connectivity index is 2.26. The predicted molar refractivity (Wildman–Crippen MR) is 72.2 cm³/mol. The Morgan fingerprint density at radius 3 is 2.38 bits per heavy atom. The summed E-state index contributed by atoms with van der Waals surface area (Å²) in [6.07, 6.45) is -1.63. The lowest BCUT2D eigenvalue weighted by atomic mass is 10.1. The second-order valence-electron chi connectivity index (χ2n) is 4.56. The SMILES string of the molecule is CCOC(=O)CCCCc1ccc(OCC(F)(F)F)cc1. The number of hydrogen-bond acceptors (Lipinski definition) is 3. The van der Waals surface area contributed by atoms with Crippen molar-refractivity contribution in [3.05, 3.63) is 29.8 Å². The zero-order chi connectivity index (χ0) is 15.7. The van der Waals surface area contributed by atoms with Crippen LogP contribution in [0.2, 0.25) is 0 Å². The Labute approximate surface area is 122 Å². The molecule has 0 N–H and O–H groups in total. The van der Waals surface area contributed by atoms with Crippen LogP contribution in [0, 0.1) is 0 Å². The van der Waals surface area contributed by atoms with E-state index in [9.17, 15) is 18.0 Å². The highest BCUT2D eigenvalue weighted by Gasteiger charge is 2.28. The fraction of sp³-hybridized carbons (Fsp3) is 0.533. The van der Waals surface area contributed by atoms with Crippen LogP contribution in [-0.4, -0.2) is 25.4 Å². The smallest absolute Gasteiger partial charge is 0.422 e. The van der Waals surface area contributed by atoms with Gasteiger partial charge in [0.15, 0.2) is 6.61 Å². The molecule has 0 aliphatic carbocycles. The lowest BCUT2D eigenvalue weighted by Crippen LogP contribution is -2.19. The monoisotopic (exact) mass is 304 g/mol. The van der Waals surface area contributed by atoms with E-state index in [1.807, 2.05) is 0 Å². The second kappa shape index (κ2) is 8.54. The minimum atomic E-state index is -4.33. The number of halogens is 3. The van der Waals surface area contributed by atoms with Crippen molar-refractivity contribution in [1.29, 1.82) is 0 Å². The third kappa shape index (κ3) is 8.22. The zero-order valence-electron chi connectivity index (χ0n) is 11.9. The van der Waals surface area contributed by atoms with Gasteiger partial charge in [0.25, 0.3) is 0 Å². The highest BCUT2D eigenvalue weighted by Crippen LogP contribution is 2.19. The first kappa shape index (κ1) is 17.3. The van der Waals surface area contributed by atoms with Crippen molar-refractivity contribution >= 4 is 5.97 Å². The number of aryl methyl sites for hydroxylation is 1. The van der Waals surface area contributed by atoms with E-state index in [-0.39, 0.29) is 11.7 Å². The van der Waals surface area contributed by atoms with Gasteiger partial charge >= 0.3 is 12.1 Å². The van der Waals surface area contributed by atoms with Crippen molar-refractivity contribution in [2.45, 2.75) is 38.8 Å². The Morgan fingerprint density at radius 1 is 1.14 bits per heavy atom. The van der Waals surface area contributed by atoms with E-state index in [4.69, 9.17) is 4.74 Å². The van der Waals surface area contributed by atoms with Crippen LogP contribution in [0.4, 0.5) is 13.2 Å². The molecule has 0 saturated heterocycles. The molecule has 0 spiro atoms. The van der Waals surface area contributed by atoms with Crippen molar-refractivity contribution in [2.24, 2.45) is 0 Å². The van der Waals surface area contributed by atoms with Crippen LogP contribution in [0.1, 0.15) is 31.7 Å². The van der Waals surface area contributed by atoms with Crippen LogP contribution in [0.5, 0.6) is 5.75 Å². The van der Waals surface area contributed by atoms with Crippen molar-refractivity contribution in [1.82, 2.24) is 0 Å². The Kier molecular flexibility index (Phi) is 7.05. The number of benzene rings is 1. The van der Waals surface area contributed by atoms with Gasteiger partial charge in [-0.15, -0.1) is 0 Å². The van der Waals surface area contributed by atoms with Gasteiger partial charge in [-0.2, -0.15) is 13.2 Å². The summed E-state index contributed by atoms with van der Waals surface area (Å²) in [6.45, 7) is 0.865. The van der Waals surface area contributed by atoms with Gasteiger partial charge in [0.05, 0.1) is 6.61 Å². The topological polar surface area (TPSA) is 35.5 Å². The van der Waals surface area contributed by atoms with Crippen molar-refractivity contribution < 1.29 is 27.4 Å². The normalized spacial score (nSPS) is 11.2. The van der Waals surface area contributed by atoms with E-state index in [0.29, 0.717) is 13.0 Å². The molecule has 0 fully saturated rings. The summed E-state index contributed by atoms with van der Waals surface area (Å²) >= 11 is 0. The highest BCUT2D eigenvalue weighted by atomic mass is 19.4. The van der Waals surface area contributed by atoms with E-state index in [2.05, 4.69) is 4.74 Å². The Bertz CT molecular complexity index is 427. The highest BCUT2D eigenvalue weighted by molar-refractivity contribution is 5.69. The summed E-state index contributed by atoms with van der Waals surface area (Å²) < 4.78 is 45.4. The Hall–Kier alpha value is -1.72. The molecule has 1 rings (SSSR count). The molecule has 0 saturated carbocycles. The van der Waals surface area contributed by atoms with Gasteiger partial charge in [0.1, 0.15) is 5.75 Å². The molecule has 0 aliphatic rings. The summed E-state index contributed by atoms with van der Waals surface area (Å²) in [5.41, 5.74) is 0.998. The van der Waals surface area contributed by atoms with Crippen LogP contribution >= 0.6 is 0 Å². The molecule has 3 nitrogen and oxygen atoms in total. The molecule has 0 bridgehead atoms. The number of unbranched alkanes of at least 4 members (excludes halogenated alkanes) is 1. The fourth-order valence-corrected chi connectivity index (χ4v) is 1.75. The summed E-state index contributed by atoms with van der Waals surface area (Å²) in [5, 5.41) is 0. The third-order valence-electron chi connectivity index (χ3n) is 2.73. The van der Waals surface area contributed by atoms with Gasteiger partial charge in [0.2, 0.25) is 0 Å². The largest absolute Gasteiger partial charge is 0.484 e. The number of carbonyl (C=O) groups excluding carboxylic acids is 1. The van der Waals surface area contributed by atoms with Gasteiger partial charge < -0.3 is 9.47 Å². The van der Waals surface area contributed by atoms with E-state index >= 15 is 0 Å². The fourth-order valence-electron chi connectivity index (χ4n) is 1.75. The summed E-state index contributed by atoms with van der Waals surface area (Å²) in [7, 11) is 0. The molecule has 0 aromatic heterocycles. The standard InChI is InChI=1S/C15H19F3O3/c1-2-20-14(19)6-4-3-5-12-7-9-13(10-8-12)21-11-15(16,17)18/h7-10H,2-6,11H2,1H3. The first-order valence-corrected chi connectivity index (χ1v) is 6.85. The number of carbonyl (C=O) groups is 1. The van der Waals surface area contributed by atoms with Crippen LogP contribution < -0.4 is 4.74 Å². The molecule has 0 aliphatic heterocycles. The minimum absolute atomic E-state index is 0.197. The third-order valence-corrected chi connectivity index (χ3v) is 2.73. The Morgan fingerprint density at radius 2 is 1.81 bits per heavy atom. The maximum absolute atomic E-state index is 12.0. The maximum Gasteiger partial charge on any atom is 0.422 e. The summed E-state index contributed by atoms with van der Waals surface area (Å²) in [5.74, 6) is -0.00371. The van der Waals surface area contributed by atoms with Crippen LogP contribution in [-0.2, 0) is 16.0 Å². The van der Waals surface area contributed by atoms with E-state index in [1.54, 1.807) is 19.1 Å². The lowest BCUT2D eigenvalue weighted by Gasteiger charge is -2.09. The zero-order valence-corrected chi connectivity index (χ0v) is 11.9. The first-order valence-electron chi connectivity index (χ1n) is 6.85. The minimum Gasteiger partial charge on any atom is -0.484 e. The number of rotatable bonds is 8. The molecule has 1 aromatic carbocycles. The van der Waals surface area contributed by atoms with Gasteiger partial charge in [-0.3, -0.25) is 4.79 Å². The molecular formula is C15H19F3O3. The molecule has 0 atom stereocenters. The van der Waals surface area contributed by atoms with Crippen molar-refractivity contribution in [3.63, 3.8) is 0 Å². The lowest BCUT2D eigenvalue weighted by molar-refractivity contribution is -0.153. The molecule has 118 valence electrons. The molecule has 0 radical (unpaired) electrons. The molecule has 0 amide bonds. The number of alkyl halides is 3. The van der Waals surface area contributed by atoms with Gasteiger partial charge in [-0.05, 0) is 43.9 Å². The first-order chi connectivity index (χ1) is 9.90. The van der Waals surface area contributed by atoms with E-state index in [0.717, 1.165) is 24.8 Å². The average molecular weight is 304 g/mol. The summed E-state index contributed by atoms with van der Waals surface area (Å²) in [6, 6.07) is 6.50. The summed E-state index contributed by atoms with van der Waals surface area (Å²) in [4.78, 5) is 11.1. The van der Waals surface area contributed by atoms with Gasteiger partial charge in [-0.25, -0.2) is 0 Å². The molecule has 0 heterocycles. The van der Waals surface area contributed by atoms with Crippen LogP contribution in [0.3, 0.4) is 0 Å². The van der Waals surface area contributed by atoms with Crippen molar-refractivity contribution in [3.8, 4) is 5.75 Å². The predicted octanol–water partition coefficient (Wildman–Crippen LogP) is 3.90. The van der Waals surface area contributed by atoms with E-state index in [1.165, 1.54) is 12.1 Å². The van der Waals surface area contributed by atoms with Gasteiger partial charge in [-0.1, -0.05) is 12.1 Å². The second-order valence-corrected chi connectivity index (χ2v) is 4.56. The van der Waals surface area contributed by atoms with Crippen molar-refractivity contribution in [2.75, 3.05) is 13.2 Å². The molecule has 21 heavy (non-hydrogen) atoms. The van der Waals surface area contributed by atoms with Gasteiger partial charge in [0, 0.05) is 6.42 Å². The average Bonchev–Trinajstić information content (AvgIpc) is 2.42. The quantitative estimate of drug-likeness (QED) is 0.539. The molecule has 0 unspecified atom stereocenters. The maximum atomic E-state index is 12.0. The van der Waals surface area contributed by atoms with E-state index < -0.39 is 12.8 Å². The number of hydrogen-bond donors (Lipinski definition) is 0. The van der Waals surface area contributed by atoms with Crippen LogP contribution in [0.25, 0.3) is 0 Å². The number of esters is 1. The number of ether oxygens (including phenoxy) is 2. The molecule has 6 heteroatoms. The van der Waals surface area contributed by atoms with Crippen LogP contribution in [0.15, 0.2) is 24.3 Å².